The minimum Gasteiger partial charge on any atom is -0.375 e. The number of nitrogens with zero attached hydrogens (tertiary/aromatic N) is 2. The van der Waals surface area contributed by atoms with Crippen molar-refractivity contribution in [3.63, 3.8) is 0 Å². The number of amides is 1. The molecule has 21 heavy (non-hydrogen) atoms. The maximum atomic E-state index is 13.8. The first-order valence-electron chi connectivity index (χ1n) is 6.13. The van der Waals surface area contributed by atoms with E-state index < -0.39 is 11.7 Å². The lowest BCUT2D eigenvalue weighted by Crippen LogP contribution is -2.14. The van der Waals surface area contributed by atoms with Gasteiger partial charge in [-0.2, -0.15) is 0 Å². The molecule has 1 aromatic carbocycles. The molecule has 1 amide bonds. The largest absolute Gasteiger partial charge is 0.375 e. The zero-order chi connectivity index (χ0) is 15.6. The van der Waals surface area contributed by atoms with Crippen LogP contribution < -0.4 is 10.2 Å². The van der Waals surface area contributed by atoms with Crippen molar-refractivity contribution in [3.8, 4) is 0 Å². The monoisotopic (exact) mass is 307 g/mol. The highest BCUT2D eigenvalue weighted by atomic mass is 32.1. The smallest absolute Gasteiger partial charge is 0.257 e. The van der Waals surface area contributed by atoms with Crippen LogP contribution in [-0.2, 0) is 0 Å². The van der Waals surface area contributed by atoms with Crippen LogP contribution in [0.3, 0.4) is 0 Å². The van der Waals surface area contributed by atoms with Crippen LogP contribution in [0.4, 0.5) is 15.2 Å². The summed E-state index contributed by atoms with van der Waals surface area (Å²) in [6, 6.07) is 4.24. The van der Waals surface area contributed by atoms with Gasteiger partial charge in [-0.3, -0.25) is 14.9 Å². The Morgan fingerprint density at radius 3 is 2.57 bits per heavy atom. The second-order valence-electron chi connectivity index (χ2n) is 4.61. The second-order valence-corrected chi connectivity index (χ2v) is 5.47. The second kappa shape index (κ2) is 6.01. The van der Waals surface area contributed by atoms with Crippen LogP contribution in [0.15, 0.2) is 23.6 Å². The van der Waals surface area contributed by atoms with Crippen LogP contribution >= 0.6 is 11.3 Å². The number of thiazole rings is 1. The summed E-state index contributed by atoms with van der Waals surface area (Å²) in [6.07, 6.45) is 0. The van der Waals surface area contributed by atoms with Crippen LogP contribution in [0.1, 0.15) is 27.8 Å². The molecule has 0 spiro atoms. The van der Waals surface area contributed by atoms with Gasteiger partial charge in [0.1, 0.15) is 11.5 Å². The fourth-order valence-electron chi connectivity index (χ4n) is 1.67. The Hall–Kier alpha value is -2.28. The molecular formula is C14H14FN3O2S. The molecule has 0 fully saturated rings. The molecule has 0 aliphatic heterocycles. The topological polar surface area (TPSA) is 62.3 Å². The fourth-order valence-corrected chi connectivity index (χ4v) is 2.42. The first-order chi connectivity index (χ1) is 9.88. The Bertz CT molecular complexity index is 697. The normalized spacial score (nSPS) is 10.3. The van der Waals surface area contributed by atoms with Gasteiger partial charge in [-0.25, -0.2) is 9.37 Å². The van der Waals surface area contributed by atoms with Crippen LogP contribution in [0.5, 0.6) is 0 Å². The predicted molar refractivity (Wildman–Crippen MR) is 80.8 cm³/mol. The van der Waals surface area contributed by atoms with E-state index >= 15 is 0 Å². The van der Waals surface area contributed by atoms with E-state index in [4.69, 9.17) is 0 Å². The number of anilines is 2. The molecule has 110 valence electrons. The van der Waals surface area contributed by atoms with Crippen molar-refractivity contribution in [3.05, 3.63) is 40.7 Å². The van der Waals surface area contributed by atoms with E-state index in [1.807, 2.05) is 0 Å². The summed E-state index contributed by atoms with van der Waals surface area (Å²) < 4.78 is 13.8. The molecule has 0 bridgehead atoms. The lowest BCUT2D eigenvalue weighted by molar-refractivity contribution is 0.100. The minimum absolute atomic E-state index is 0.173. The zero-order valence-electron chi connectivity index (χ0n) is 11.8. The van der Waals surface area contributed by atoms with E-state index in [0.717, 1.165) is 11.3 Å². The summed E-state index contributed by atoms with van der Waals surface area (Å²) in [6.45, 7) is 1.40. The van der Waals surface area contributed by atoms with Gasteiger partial charge in [-0.15, -0.1) is 11.3 Å². The van der Waals surface area contributed by atoms with Crippen LogP contribution in [-0.4, -0.2) is 30.8 Å². The molecule has 0 aliphatic carbocycles. The summed E-state index contributed by atoms with van der Waals surface area (Å²) in [7, 11) is 3.44. The summed E-state index contributed by atoms with van der Waals surface area (Å²) >= 11 is 1.15. The molecule has 0 radical (unpaired) electrons. The van der Waals surface area contributed by atoms with Gasteiger partial charge < -0.3 is 4.90 Å². The van der Waals surface area contributed by atoms with Crippen LogP contribution in [0.2, 0.25) is 0 Å². The van der Waals surface area contributed by atoms with Crippen molar-refractivity contribution in [1.82, 2.24) is 4.98 Å². The maximum absolute atomic E-state index is 13.8. The highest BCUT2D eigenvalue weighted by molar-refractivity contribution is 7.14. The lowest BCUT2D eigenvalue weighted by atomic mass is 10.2. The number of nitrogens with one attached hydrogen (secondary N) is 1. The third-order valence-electron chi connectivity index (χ3n) is 2.78. The minimum atomic E-state index is -0.476. The molecule has 0 unspecified atom stereocenters. The third kappa shape index (κ3) is 3.43. The first-order valence-corrected chi connectivity index (χ1v) is 7.01. The van der Waals surface area contributed by atoms with Gasteiger partial charge in [0.05, 0.1) is 5.69 Å². The Labute approximate surface area is 125 Å². The van der Waals surface area contributed by atoms with Crippen molar-refractivity contribution in [2.24, 2.45) is 0 Å². The quantitative estimate of drug-likeness (QED) is 0.882. The number of hydrogen-bond donors (Lipinski definition) is 1. The Kier molecular flexibility index (Phi) is 4.32. The predicted octanol–water partition coefficient (Wildman–Crippen LogP) is 2.80. The number of carbonyl (C=O) groups is 2. The van der Waals surface area contributed by atoms with Gasteiger partial charge in [-0.1, -0.05) is 0 Å². The highest BCUT2D eigenvalue weighted by Gasteiger charge is 2.13. The van der Waals surface area contributed by atoms with Crippen molar-refractivity contribution < 1.29 is 14.0 Å². The maximum Gasteiger partial charge on any atom is 0.257 e. The van der Waals surface area contributed by atoms with Crippen LogP contribution in [0, 0.1) is 5.82 Å². The molecule has 1 N–H and O–H groups in total. The van der Waals surface area contributed by atoms with Crippen molar-refractivity contribution in [1.29, 1.82) is 0 Å². The summed E-state index contributed by atoms with van der Waals surface area (Å²) in [5.74, 6) is -1.12. The number of aromatic nitrogens is 1. The molecule has 1 heterocycles. The molecule has 0 saturated heterocycles. The van der Waals surface area contributed by atoms with Gasteiger partial charge >= 0.3 is 0 Å². The van der Waals surface area contributed by atoms with E-state index in [0.29, 0.717) is 16.5 Å². The van der Waals surface area contributed by atoms with E-state index in [1.165, 1.54) is 25.1 Å². The van der Waals surface area contributed by atoms with Crippen molar-refractivity contribution >= 4 is 33.8 Å². The van der Waals surface area contributed by atoms with Gasteiger partial charge in [-0.05, 0) is 18.2 Å². The number of halogens is 1. The number of rotatable bonds is 4. The average molecular weight is 307 g/mol. The van der Waals surface area contributed by atoms with Gasteiger partial charge in [0.25, 0.3) is 5.91 Å². The van der Waals surface area contributed by atoms with Crippen LogP contribution in [0.25, 0.3) is 0 Å². The summed E-state index contributed by atoms with van der Waals surface area (Å²) in [5.41, 5.74) is 0.891. The zero-order valence-corrected chi connectivity index (χ0v) is 12.6. The molecule has 0 atom stereocenters. The van der Waals surface area contributed by atoms with Gasteiger partial charge in [0.2, 0.25) is 0 Å². The van der Waals surface area contributed by atoms with E-state index in [1.54, 1.807) is 24.4 Å². The molecule has 0 saturated carbocycles. The third-order valence-corrected chi connectivity index (χ3v) is 3.53. The molecule has 5 nitrogen and oxygen atoms in total. The van der Waals surface area contributed by atoms with Crippen molar-refractivity contribution in [2.45, 2.75) is 6.92 Å². The number of Topliss-reactive ketones (excluding diaryl/α,β-unsaturated/α-hetero) is 1. The van der Waals surface area contributed by atoms with Crippen molar-refractivity contribution in [2.75, 3.05) is 24.3 Å². The fraction of sp³-hybridized carbons (Fsp3) is 0.214. The Morgan fingerprint density at radius 1 is 1.33 bits per heavy atom. The Morgan fingerprint density at radius 2 is 2.05 bits per heavy atom. The molecule has 2 rings (SSSR count). The SMILES string of the molecule is CC(=O)c1csc(NC(=O)c2ccc(N(C)C)c(F)c2)n1. The number of benzene rings is 1. The lowest BCUT2D eigenvalue weighted by Gasteiger charge is -2.13. The molecule has 1 aromatic heterocycles. The average Bonchev–Trinajstić information content (AvgIpc) is 2.86. The first kappa shape index (κ1) is 15.1. The summed E-state index contributed by atoms with van der Waals surface area (Å²) in [5, 5.41) is 4.42. The standard InChI is InChI=1S/C14H14FN3O2S/c1-8(19)11-7-21-14(16-11)17-13(20)9-4-5-12(18(2)3)10(15)6-9/h4-7H,1-3H3,(H,16,17,20). The number of carbonyl (C=O) groups excluding carboxylic acids is 2. The Balaban J connectivity index is 2.16. The van der Waals surface area contributed by atoms with E-state index in [9.17, 15) is 14.0 Å². The van der Waals surface area contributed by atoms with Gasteiger partial charge in [0.15, 0.2) is 10.9 Å². The van der Waals surface area contributed by atoms with E-state index in [-0.39, 0.29) is 11.3 Å². The van der Waals surface area contributed by atoms with Gasteiger partial charge in [0, 0.05) is 32.0 Å². The summed E-state index contributed by atoms with van der Waals surface area (Å²) in [4.78, 5) is 28.8. The van der Waals surface area contributed by atoms with E-state index in [2.05, 4.69) is 10.3 Å². The molecule has 7 heteroatoms. The molecular weight excluding hydrogens is 293 g/mol. The highest BCUT2D eigenvalue weighted by Crippen LogP contribution is 2.20. The molecule has 2 aromatic rings. The molecule has 0 aliphatic rings. The number of ketones is 1. The number of hydrogen-bond acceptors (Lipinski definition) is 5.